The number of nitro benzene ring substituents is 1. The summed E-state index contributed by atoms with van der Waals surface area (Å²) in [5, 5.41) is 11.7. The first-order valence-electron chi connectivity index (χ1n) is 5.05. The lowest BCUT2D eigenvalue weighted by atomic mass is 10.1. The van der Waals surface area contributed by atoms with E-state index < -0.39 is 0 Å². The molecule has 2 aromatic rings. The van der Waals surface area contributed by atoms with E-state index in [1.54, 1.807) is 13.0 Å². The highest BCUT2D eigenvalue weighted by molar-refractivity contribution is 5.87. The van der Waals surface area contributed by atoms with Gasteiger partial charge in [-0.15, -0.1) is 0 Å². The number of hydrogen-bond donors (Lipinski definition) is 0. The first-order valence-corrected chi connectivity index (χ1v) is 5.05. The molecule has 0 N–H and O–H groups in total. The van der Waals surface area contributed by atoms with E-state index in [9.17, 15) is 10.1 Å². The van der Waals surface area contributed by atoms with Gasteiger partial charge in [0.2, 0.25) is 5.52 Å². The van der Waals surface area contributed by atoms with Gasteiger partial charge in [-0.25, -0.2) is 0 Å². The molecule has 2 rings (SSSR count). The maximum Gasteiger partial charge on any atom is 0.286 e. The number of aromatic nitrogens is 1. The van der Waals surface area contributed by atoms with Crippen molar-refractivity contribution in [3.63, 3.8) is 0 Å². The summed E-state index contributed by atoms with van der Waals surface area (Å²) in [7, 11) is 1.91. The fourth-order valence-corrected chi connectivity index (χ4v) is 1.91. The predicted molar refractivity (Wildman–Crippen MR) is 61.3 cm³/mol. The second-order valence-electron chi connectivity index (χ2n) is 3.95. The van der Waals surface area contributed by atoms with Gasteiger partial charge in [-0.2, -0.15) is 4.57 Å². The normalized spacial score (nSPS) is 10.1. The number of benzene rings is 1. The molecule has 1 aromatic carbocycles. The van der Waals surface area contributed by atoms with Gasteiger partial charge in [0, 0.05) is 24.6 Å². The van der Waals surface area contributed by atoms with Crippen molar-refractivity contribution in [3.05, 3.63) is 45.6 Å². The van der Waals surface area contributed by atoms with E-state index in [2.05, 4.69) is 0 Å². The number of aryl methyl sites for hydroxylation is 3. The van der Waals surface area contributed by atoms with Crippen LogP contribution in [0.3, 0.4) is 0 Å². The molecule has 0 aliphatic heterocycles. The van der Waals surface area contributed by atoms with Crippen molar-refractivity contribution >= 4 is 16.6 Å². The molecule has 90 valence electrons. The van der Waals surface area contributed by atoms with E-state index in [1.165, 1.54) is 0 Å². The second-order valence-corrected chi connectivity index (χ2v) is 3.95. The van der Waals surface area contributed by atoms with E-state index in [-0.39, 0.29) is 34.6 Å². The smallest absolute Gasteiger partial charge is 0.286 e. The summed E-state index contributed by atoms with van der Waals surface area (Å²) < 4.78 is 1.96. The van der Waals surface area contributed by atoms with E-state index in [0.717, 1.165) is 11.2 Å². The highest BCUT2D eigenvalue weighted by atomic mass is 127. The topological polar surface area (TPSA) is 47.0 Å². The minimum Gasteiger partial charge on any atom is -1.00 e. The van der Waals surface area contributed by atoms with Gasteiger partial charge < -0.3 is 24.0 Å². The molecule has 0 atom stereocenters. The molecule has 5 heteroatoms. The number of pyridine rings is 1. The Morgan fingerprint density at radius 1 is 1.18 bits per heavy atom. The molecule has 4 nitrogen and oxygen atoms in total. The SMILES string of the molecule is Cc1ccc2c(ccc(C)[n+]2C)c1[N+](=O)[O-].[I-]. The average molecular weight is 344 g/mol. The van der Waals surface area contributed by atoms with Gasteiger partial charge in [-0.05, 0) is 19.1 Å². The first-order chi connectivity index (χ1) is 7.52. The number of hydrogen-bond acceptors (Lipinski definition) is 2. The Kier molecular flexibility index (Phi) is 4.03. The van der Waals surface area contributed by atoms with Crippen molar-refractivity contribution in [1.82, 2.24) is 0 Å². The average Bonchev–Trinajstić information content (AvgIpc) is 2.22. The fourth-order valence-electron chi connectivity index (χ4n) is 1.91. The van der Waals surface area contributed by atoms with Crippen LogP contribution < -0.4 is 28.5 Å². The lowest BCUT2D eigenvalue weighted by Gasteiger charge is -2.02. The first kappa shape index (κ1) is 13.8. The Morgan fingerprint density at radius 2 is 1.82 bits per heavy atom. The number of nitrogens with zero attached hydrogens (tertiary/aromatic N) is 2. The Balaban J connectivity index is 0.00000144. The number of nitro groups is 1. The third kappa shape index (κ3) is 2.24. The van der Waals surface area contributed by atoms with Crippen LogP contribution in [0.4, 0.5) is 5.69 Å². The summed E-state index contributed by atoms with van der Waals surface area (Å²) in [6.07, 6.45) is 0. The van der Waals surface area contributed by atoms with Gasteiger partial charge in [0.25, 0.3) is 5.69 Å². The Labute approximate surface area is 116 Å². The molecule has 0 bridgehead atoms. The minimum atomic E-state index is -0.312. The lowest BCUT2D eigenvalue weighted by Crippen LogP contribution is -3.00. The highest BCUT2D eigenvalue weighted by Crippen LogP contribution is 2.27. The molecule has 0 unspecified atom stereocenters. The molecule has 17 heavy (non-hydrogen) atoms. The van der Waals surface area contributed by atoms with Crippen LogP contribution in [0.2, 0.25) is 0 Å². The third-order valence-electron chi connectivity index (χ3n) is 2.96. The monoisotopic (exact) mass is 344 g/mol. The van der Waals surface area contributed by atoms with Crippen LogP contribution in [0.25, 0.3) is 10.9 Å². The Bertz CT molecular complexity index is 597. The zero-order chi connectivity index (χ0) is 11.9. The molecular formula is C12H13IN2O2. The molecular weight excluding hydrogens is 331 g/mol. The van der Waals surface area contributed by atoms with Crippen LogP contribution in [-0.4, -0.2) is 4.92 Å². The van der Waals surface area contributed by atoms with E-state index in [4.69, 9.17) is 0 Å². The van der Waals surface area contributed by atoms with Crippen LogP contribution in [0.5, 0.6) is 0 Å². The quantitative estimate of drug-likeness (QED) is 0.294. The zero-order valence-electron chi connectivity index (χ0n) is 9.90. The van der Waals surface area contributed by atoms with Crippen molar-refractivity contribution in [3.8, 4) is 0 Å². The molecule has 0 saturated carbocycles. The Hall–Kier alpha value is -1.24. The third-order valence-corrected chi connectivity index (χ3v) is 2.96. The molecule has 0 amide bonds. The van der Waals surface area contributed by atoms with Gasteiger partial charge in [-0.3, -0.25) is 10.1 Å². The summed E-state index contributed by atoms with van der Waals surface area (Å²) in [6, 6.07) is 7.43. The van der Waals surface area contributed by atoms with Crippen molar-refractivity contribution in [2.45, 2.75) is 13.8 Å². The standard InChI is InChI=1S/C12H13N2O2.HI/c1-8-4-7-11-10(12(8)14(15)16)6-5-9(2)13(11)3;/h4-7H,1-3H3;1H/q+1;/p-1. The number of halogens is 1. The van der Waals surface area contributed by atoms with Crippen molar-refractivity contribution in [2.75, 3.05) is 0 Å². The summed E-state index contributed by atoms with van der Waals surface area (Å²) >= 11 is 0. The largest absolute Gasteiger partial charge is 1.00 e. The molecule has 1 aromatic heterocycles. The predicted octanol–water partition coefficient (Wildman–Crippen LogP) is -0.807. The van der Waals surface area contributed by atoms with Crippen molar-refractivity contribution < 1.29 is 33.5 Å². The number of fused-ring (bicyclic) bond motifs is 1. The lowest BCUT2D eigenvalue weighted by molar-refractivity contribution is -0.651. The van der Waals surface area contributed by atoms with Crippen molar-refractivity contribution in [2.24, 2.45) is 7.05 Å². The molecule has 0 aliphatic carbocycles. The summed E-state index contributed by atoms with van der Waals surface area (Å²) in [5.41, 5.74) is 2.86. The van der Waals surface area contributed by atoms with Crippen molar-refractivity contribution in [1.29, 1.82) is 0 Å². The highest BCUT2D eigenvalue weighted by Gasteiger charge is 2.20. The number of rotatable bonds is 1. The molecule has 0 spiro atoms. The van der Waals surface area contributed by atoms with Gasteiger partial charge in [0.1, 0.15) is 12.4 Å². The molecule has 0 fully saturated rings. The van der Waals surface area contributed by atoms with E-state index >= 15 is 0 Å². The van der Waals surface area contributed by atoms with E-state index in [1.807, 2.05) is 36.7 Å². The zero-order valence-corrected chi connectivity index (χ0v) is 12.1. The van der Waals surface area contributed by atoms with Crippen LogP contribution in [0.1, 0.15) is 11.3 Å². The van der Waals surface area contributed by atoms with Gasteiger partial charge >= 0.3 is 0 Å². The van der Waals surface area contributed by atoms with Crippen LogP contribution in [-0.2, 0) is 7.05 Å². The summed E-state index contributed by atoms with van der Waals surface area (Å²) in [6.45, 7) is 3.74. The molecule has 1 heterocycles. The fraction of sp³-hybridized carbons (Fsp3) is 0.250. The second kappa shape index (κ2) is 4.95. The molecule has 0 radical (unpaired) electrons. The Morgan fingerprint density at radius 3 is 2.41 bits per heavy atom. The van der Waals surface area contributed by atoms with E-state index in [0.29, 0.717) is 10.9 Å². The van der Waals surface area contributed by atoms with Crippen LogP contribution in [0.15, 0.2) is 24.3 Å². The minimum absolute atomic E-state index is 0. The summed E-state index contributed by atoms with van der Waals surface area (Å²) in [4.78, 5) is 10.7. The molecule has 0 aliphatic rings. The maximum absolute atomic E-state index is 11.0. The molecule has 0 saturated heterocycles. The van der Waals surface area contributed by atoms with Crippen LogP contribution >= 0.6 is 0 Å². The van der Waals surface area contributed by atoms with Gasteiger partial charge in [0.05, 0.1) is 4.92 Å². The van der Waals surface area contributed by atoms with Crippen LogP contribution in [0, 0.1) is 24.0 Å². The summed E-state index contributed by atoms with van der Waals surface area (Å²) in [5.74, 6) is 0. The van der Waals surface area contributed by atoms with Gasteiger partial charge in [0.15, 0.2) is 5.69 Å². The van der Waals surface area contributed by atoms with Gasteiger partial charge in [-0.1, -0.05) is 0 Å². The maximum atomic E-state index is 11.0.